The third-order valence-corrected chi connectivity index (χ3v) is 6.78. The number of aryl methyl sites for hydroxylation is 1. The Morgan fingerprint density at radius 2 is 1.73 bits per heavy atom. The molecule has 4 aromatic rings. The van der Waals surface area contributed by atoms with Gasteiger partial charge in [-0.2, -0.15) is 0 Å². The number of ether oxygens (including phenoxy) is 1. The van der Waals surface area contributed by atoms with Gasteiger partial charge in [-0.1, -0.05) is 18.2 Å². The van der Waals surface area contributed by atoms with Crippen LogP contribution in [0.3, 0.4) is 0 Å². The number of imidazole rings is 1. The Hall–Kier alpha value is -3.32. The zero-order chi connectivity index (χ0) is 21.5. The molecular weight excluding hydrogens is 398 g/mol. The van der Waals surface area contributed by atoms with Crippen molar-refractivity contribution in [3.8, 4) is 17.0 Å². The summed E-state index contributed by atoms with van der Waals surface area (Å²) in [6.45, 7) is 5.50. The van der Waals surface area contributed by atoms with Gasteiger partial charge in [0.1, 0.15) is 11.4 Å². The molecule has 1 N–H and O–H groups in total. The second-order valence-corrected chi connectivity index (χ2v) is 8.90. The molecule has 7 heteroatoms. The van der Waals surface area contributed by atoms with E-state index in [4.69, 9.17) is 4.74 Å². The SMILES string of the molecule is COc1c(C)cc(S(=O)(=O)Nc2ccc(-c3cn4ccccc4n3)cc2)c(C)c1C. The average molecular weight is 422 g/mol. The number of nitrogens with zero attached hydrogens (tertiary/aromatic N) is 2. The maximum Gasteiger partial charge on any atom is 0.262 e. The van der Waals surface area contributed by atoms with Crippen LogP contribution in [-0.4, -0.2) is 24.9 Å². The number of hydrogen-bond acceptors (Lipinski definition) is 4. The Balaban J connectivity index is 1.63. The lowest BCUT2D eigenvalue weighted by atomic mass is 10.1. The molecular formula is C23H23N3O3S. The summed E-state index contributed by atoms with van der Waals surface area (Å²) in [6.07, 6.45) is 3.89. The third-order valence-electron chi connectivity index (χ3n) is 5.27. The van der Waals surface area contributed by atoms with E-state index in [9.17, 15) is 8.42 Å². The fourth-order valence-electron chi connectivity index (χ4n) is 3.61. The quantitative estimate of drug-likeness (QED) is 0.505. The second-order valence-electron chi connectivity index (χ2n) is 7.25. The molecule has 0 amide bonds. The summed E-state index contributed by atoms with van der Waals surface area (Å²) in [5.41, 5.74) is 5.36. The smallest absolute Gasteiger partial charge is 0.262 e. The molecule has 2 aromatic heterocycles. The van der Waals surface area contributed by atoms with Gasteiger partial charge in [0.25, 0.3) is 10.0 Å². The van der Waals surface area contributed by atoms with Gasteiger partial charge in [-0.3, -0.25) is 4.72 Å². The number of rotatable bonds is 5. The number of aromatic nitrogens is 2. The van der Waals surface area contributed by atoms with E-state index in [0.29, 0.717) is 17.0 Å². The molecule has 2 aromatic carbocycles. The molecule has 0 fully saturated rings. The van der Waals surface area contributed by atoms with Crippen molar-refractivity contribution in [2.75, 3.05) is 11.8 Å². The van der Waals surface area contributed by atoms with Gasteiger partial charge in [-0.25, -0.2) is 13.4 Å². The Bertz CT molecular complexity index is 1310. The summed E-state index contributed by atoms with van der Waals surface area (Å²) in [6, 6.07) is 14.7. The fraction of sp³-hybridized carbons (Fsp3) is 0.174. The molecule has 154 valence electrons. The summed E-state index contributed by atoms with van der Waals surface area (Å²) in [5, 5.41) is 0. The predicted molar refractivity (Wildman–Crippen MR) is 119 cm³/mol. The van der Waals surface area contributed by atoms with Crippen molar-refractivity contribution in [1.82, 2.24) is 9.38 Å². The van der Waals surface area contributed by atoms with Gasteiger partial charge in [0.05, 0.1) is 17.7 Å². The lowest BCUT2D eigenvalue weighted by Crippen LogP contribution is -2.15. The van der Waals surface area contributed by atoms with Crippen molar-refractivity contribution in [3.05, 3.63) is 77.6 Å². The largest absolute Gasteiger partial charge is 0.496 e. The molecule has 2 heterocycles. The standard InChI is InChI=1S/C23H23N3O3S/c1-15-13-21(16(2)17(3)23(15)29-4)30(27,28)25-19-10-8-18(9-11-19)20-14-26-12-6-5-7-22(26)24-20/h5-14,25H,1-4H3. The number of benzene rings is 2. The summed E-state index contributed by atoms with van der Waals surface area (Å²) < 4.78 is 36.1. The van der Waals surface area contributed by atoms with E-state index in [2.05, 4.69) is 9.71 Å². The first-order valence-corrected chi connectivity index (χ1v) is 11.0. The molecule has 0 bridgehead atoms. The first-order valence-electron chi connectivity index (χ1n) is 9.52. The Morgan fingerprint density at radius 1 is 1.00 bits per heavy atom. The summed E-state index contributed by atoms with van der Waals surface area (Å²) >= 11 is 0. The van der Waals surface area contributed by atoms with Crippen molar-refractivity contribution in [1.29, 1.82) is 0 Å². The minimum Gasteiger partial charge on any atom is -0.496 e. The summed E-state index contributed by atoms with van der Waals surface area (Å²) in [4.78, 5) is 4.85. The van der Waals surface area contributed by atoms with Gasteiger partial charge in [0, 0.05) is 23.6 Å². The van der Waals surface area contributed by atoms with Gasteiger partial charge in [0.2, 0.25) is 0 Å². The van der Waals surface area contributed by atoms with Gasteiger partial charge < -0.3 is 9.14 Å². The number of anilines is 1. The number of methoxy groups -OCH3 is 1. The molecule has 0 aliphatic carbocycles. The van der Waals surface area contributed by atoms with E-state index in [1.807, 2.05) is 61.0 Å². The first-order chi connectivity index (χ1) is 14.3. The Kier molecular flexibility index (Phi) is 4.99. The van der Waals surface area contributed by atoms with E-state index >= 15 is 0 Å². The lowest BCUT2D eigenvalue weighted by Gasteiger charge is -2.16. The minimum absolute atomic E-state index is 0.253. The molecule has 30 heavy (non-hydrogen) atoms. The maximum atomic E-state index is 13.0. The summed E-state index contributed by atoms with van der Waals surface area (Å²) in [7, 11) is -2.15. The van der Waals surface area contributed by atoms with Crippen molar-refractivity contribution in [3.63, 3.8) is 0 Å². The van der Waals surface area contributed by atoms with Gasteiger partial charge in [-0.15, -0.1) is 0 Å². The topological polar surface area (TPSA) is 72.7 Å². The van der Waals surface area contributed by atoms with Crippen LogP contribution in [0.4, 0.5) is 5.69 Å². The Morgan fingerprint density at radius 3 is 2.40 bits per heavy atom. The van der Waals surface area contributed by atoms with Gasteiger partial charge in [-0.05, 0) is 67.8 Å². The molecule has 0 aliphatic rings. The molecule has 0 spiro atoms. The van der Waals surface area contributed by atoms with E-state index in [1.54, 1.807) is 32.2 Å². The fourth-order valence-corrected chi connectivity index (χ4v) is 5.05. The maximum absolute atomic E-state index is 13.0. The molecule has 0 radical (unpaired) electrons. The predicted octanol–water partition coefficient (Wildman–Crippen LogP) is 4.74. The highest BCUT2D eigenvalue weighted by Gasteiger charge is 2.21. The van der Waals surface area contributed by atoms with Gasteiger partial charge >= 0.3 is 0 Å². The van der Waals surface area contributed by atoms with Crippen LogP contribution in [0.1, 0.15) is 16.7 Å². The normalized spacial score (nSPS) is 11.6. The van der Waals surface area contributed by atoms with Crippen LogP contribution in [0.5, 0.6) is 5.75 Å². The first kappa shape index (κ1) is 20.0. The minimum atomic E-state index is -3.74. The molecule has 6 nitrogen and oxygen atoms in total. The number of hydrogen-bond donors (Lipinski definition) is 1. The summed E-state index contributed by atoms with van der Waals surface area (Å²) in [5.74, 6) is 0.711. The third kappa shape index (κ3) is 3.52. The molecule has 0 saturated carbocycles. The Labute approximate surface area is 176 Å². The van der Waals surface area contributed by atoms with Crippen molar-refractivity contribution >= 4 is 21.4 Å². The highest BCUT2D eigenvalue weighted by molar-refractivity contribution is 7.92. The highest BCUT2D eigenvalue weighted by atomic mass is 32.2. The zero-order valence-corrected chi connectivity index (χ0v) is 18.1. The molecule has 0 unspecified atom stereocenters. The van der Waals surface area contributed by atoms with E-state index < -0.39 is 10.0 Å². The second kappa shape index (κ2) is 7.50. The van der Waals surface area contributed by atoms with E-state index in [1.165, 1.54) is 0 Å². The average Bonchev–Trinajstić information content (AvgIpc) is 3.15. The zero-order valence-electron chi connectivity index (χ0n) is 17.3. The van der Waals surface area contributed by atoms with Crippen molar-refractivity contribution < 1.29 is 13.2 Å². The van der Waals surface area contributed by atoms with Crippen LogP contribution in [0, 0.1) is 20.8 Å². The number of pyridine rings is 1. The van der Waals surface area contributed by atoms with Crippen LogP contribution >= 0.6 is 0 Å². The van der Waals surface area contributed by atoms with Crippen molar-refractivity contribution in [2.24, 2.45) is 0 Å². The molecule has 0 saturated heterocycles. The van der Waals surface area contributed by atoms with Gasteiger partial charge in [0.15, 0.2) is 0 Å². The number of sulfonamides is 1. The van der Waals surface area contributed by atoms with E-state index in [-0.39, 0.29) is 4.90 Å². The van der Waals surface area contributed by atoms with Crippen LogP contribution in [0.15, 0.2) is 65.8 Å². The lowest BCUT2D eigenvalue weighted by molar-refractivity contribution is 0.407. The van der Waals surface area contributed by atoms with Crippen LogP contribution < -0.4 is 9.46 Å². The highest BCUT2D eigenvalue weighted by Crippen LogP contribution is 2.32. The molecule has 0 aliphatic heterocycles. The molecule has 0 atom stereocenters. The number of nitrogens with one attached hydrogen (secondary N) is 1. The monoisotopic (exact) mass is 421 g/mol. The van der Waals surface area contributed by atoms with Crippen LogP contribution in [0.25, 0.3) is 16.9 Å². The molecule has 4 rings (SSSR count). The number of fused-ring (bicyclic) bond motifs is 1. The van der Waals surface area contributed by atoms with Crippen LogP contribution in [0.2, 0.25) is 0 Å². The van der Waals surface area contributed by atoms with E-state index in [0.717, 1.165) is 28.0 Å². The van der Waals surface area contributed by atoms with Crippen LogP contribution in [-0.2, 0) is 10.0 Å². The van der Waals surface area contributed by atoms with Crippen molar-refractivity contribution in [2.45, 2.75) is 25.7 Å².